The van der Waals surface area contributed by atoms with Crippen molar-refractivity contribution >= 4 is 11.0 Å². The van der Waals surface area contributed by atoms with E-state index in [9.17, 15) is 0 Å². The minimum absolute atomic E-state index is 0.475. The molecule has 0 bridgehead atoms. The third kappa shape index (κ3) is 1.94. The first-order valence-electron chi connectivity index (χ1n) is 6.99. The Hall–Kier alpha value is -2.50. The molecule has 1 saturated carbocycles. The first-order valence-corrected chi connectivity index (χ1v) is 6.99. The maximum absolute atomic E-state index is 5.41. The van der Waals surface area contributed by atoms with Gasteiger partial charge in [-0.2, -0.15) is 0 Å². The van der Waals surface area contributed by atoms with Crippen molar-refractivity contribution in [3.05, 3.63) is 30.0 Å². The summed E-state index contributed by atoms with van der Waals surface area (Å²) in [7, 11) is 1.62. The molecule has 0 spiro atoms. The molecule has 3 heterocycles. The number of H-pyrrole nitrogens is 1. The number of nitrogens with one attached hydrogen (secondary N) is 1. The molecular weight excluding hydrogens is 266 g/mol. The summed E-state index contributed by atoms with van der Waals surface area (Å²) in [5.74, 6) is 1.66. The Bertz CT molecular complexity index is 822. The highest BCUT2D eigenvalue weighted by molar-refractivity contribution is 5.80. The molecule has 0 radical (unpaired) electrons. The minimum atomic E-state index is 0.475. The second kappa shape index (κ2) is 4.51. The van der Waals surface area contributed by atoms with Gasteiger partial charge in [-0.15, -0.1) is 0 Å². The second-order valence-electron chi connectivity index (χ2n) is 5.29. The molecule has 3 aromatic heterocycles. The van der Waals surface area contributed by atoms with Crippen LogP contribution in [0.5, 0.6) is 5.88 Å². The largest absolute Gasteiger partial charge is 0.480 e. The Kier molecular flexibility index (Phi) is 2.63. The van der Waals surface area contributed by atoms with Crippen LogP contribution in [0.3, 0.4) is 0 Å². The molecule has 3 aromatic rings. The fraction of sp³-hybridized carbons (Fsp3) is 0.333. The van der Waals surface area contributed by atoms with Crippen LogP contribution in [0.4, 0.5) is 0 Å². The topological polar surface area (TPSA) is 76.6 Å². The van der Waals surface area contributed by atoms with Gasteiger partial charge in [0.05, 0.1) is 29.5 Å². The standard InChI is InChI=1S/C15H15N5O/c1-8-12-10(5-6-16-12)20-14(19-8)11-13(9-3-4-9)17-7-18-15(11)21-2/h5-7,9,16H,3-4H2,1-2H3. The Morgan fingerprint density at radius 2 is 2.10 bits per heavy atom. The highest BCUT2D eigenvalue weighted by atomic mass is 16.5. The molecule has 1 aliphatic rings. The van der Waals surface area contributed by atoms with E-state index in [1.165, 1.54) is 0 Å². The van der Waals surface area contributed by atoms with Crippen molar-refractivity contribution in [2.24, 2.45) is 0 Å². The lowest BCUT2D eigenvalue weighted by Crippen LogP contribution is -2.03. The summed E-state index contributed by atoms with van der Waals surface area (Å²) in [4.78, 5) is 21.1. The number of methoxy groups -OCH3 is 1. The number of ether oxygens (including phenoxy) is 1. The van der Waals surface area contributed by atoms with Gasteiger partial charge in [-0.3, -0.25) is 0 Å². The van der Waals surface area contributed by atoms with Gasteiger partial charge in [0, 0.05) is 12.1 Å². The van der Waals surface area contributed by atoms with Gasteiger partial charge in [0.15, 0.2) is 5.82 Å². The summed E-state index contributed by atoms with van der Waals surface area (Å²) in [5, 5.41) is 0. The van der Waals surface area contributed by atoms with E-state index >= 15 is 0 Å². The zero-order valence-corrected chi connectivity index (χ0v) is 11.9. The highest BCUT2D eigenvalue weighted by Gasteiger charge is 2.31. The van der Waals surface area contributed by atoms with Gasteiger partial charge in [0.2, 0.25) is 5.88 Å². The molecule has 0 atom stereocenters. The smallest absolute Gasteiger partial charge is 0.227 e. The average molecular weight is 281 g/mol. The van der Waals surface area contributed by atoms with E-state index < -0.39 is 0 Å². The van der Waals surface area contributed by atoms with Crippen molar-refractivity contribution in [3.63, 3.8) is 0 Å². The summed E-state index contributed by atoms with van der Waals surface area (Å²) >= 11 is 0. The third-order valence-corrected chi connectivity index (χ3v) is 3.81. The Labute approximate surface area is 121 Å². The molecule has 0 aliphatic heterocycles. The first-order chi connectivity index (χ1) is 10.3. The average Bonchev–Trinajstić information content (AvgIpc) is 3.24. The Morgan fingerprint density at radius 3 is 2.86 bits per heavy atom. The lowest BCUT2D eigenvalue weighted by Gasteiger charge is -2.11. The molecular formula is C15H15N5O. The van der Waals surface area contributed by atoms with Crippen molar-refractivity contribution in [2.45, 2.75) is 25.7 Å². The zero-order valence-electron chi connectivity index (χ0n) is 11.9. The van der Waals surface area contributed by atoms with Crippen LogP contribution in [-0.2, 0) is 0 Å². The lowest BCUT2D eigenvalue weighted by atomic mass is 10.1. The van der Waals surface area contributed by atoms with E-state index in [0.717, 1.165) is 40.8 Å². The molecule has 0 unspecified atom stereocenters. The normalized spacial score (nSPS) is 14.6. The van der Waals surface area contributed by atoms with Crippen molar-refractivity contribution in [1.82, 2.24) is 24.9 Å². The second-order valence-corrected chi connectivity index (χ2v) is 5.29. The van der Waals surface area contributed by atoms with Crippen molar-refractivity contribution in [1.29, 1.82) is 0 Å². The van der Waals surface area contributed by atoms with Crippen molar-refractivity contribution in [2.75, 3.05) is 7.11 Å². The molecule has 1 N–H and O–H groups in total. The molecule has 0 saturated heterocycles. The number of nitrogens with zero attached hydrogens (tertiary/aromatic N) is 4. The monoisotopic (exact) mass is 281 g/mol. The van der Waals surface area contributed by atoms with Crippen LogP contribution in [0.2, 0.25) is 0 Å². The van der Waals surface area contributed by atoms with Crippen LogP contribution in [0, 0.1) is 6.92 Å². The Morgan fingerprint density at radius 1 is 1.24 bits per heavy atom. The van der Waals surface area contributed by atoms with Crippen LogP contribution < -0.4 is 4.74 Å². The number of rotatable bonds is 3. The maximum Gasteiger partial charge on any atom is 0.227 e. The molecule has 0 amide bonds. The quantitative estimate of drug-likeness (QED) is 0.798. The van der Waals surface area contributed by atoms with Crippen molar-refractivity contribution in [3.8, 4) is 17.3 Å². The van der Waals surface area contributed by atoms with E-state index in [1.807, 2.05) is 19.2 Å². The molecule has 6 heteroatoms. The molecule has 4 rings (SSSR count). The number of aromatic nitrogens is 5. The van der Waals surface area contributed by atoms with Gasteiger partial charge in [0.25, 0.3) is 0 Å². The van der Waals surface area contributed by atoms with Gasteiger partial charge >= 0.3 is 0 Å². The fourth-order valence-corrected chi connectivity index (χ4v) is 2.62. The number of aryl methyl sites for hydroxylation is 1. The van der Waals surface area contributed by atoms with Crippen LogP contribution >= 0.6 is 0 Å². The fourth-order valence-electron chi connectivity index (χ4n) is 2.62. The summed E-state index contributed by atoms with van der Waals surface area (Å²) in [5.41, 5.74) is 4.59. The third-order valence-electron chi connectivity index (χ3n) is 3.81. The summed E-state index contributed by atoms with van der Waals surface area (Å²) in [6, 6.07) is 1.95. The van der Waals surface area contributed by atoms with E-state index in [2.05, 4.69) is 24.9 Å². The van der Waals surface area contributed by atoms with E-state index in [-0.39, 0.29) is 0 Å². The number of hydrogen-bond acceptors (Lipinski definition) is 5. The van der Waals surface area contributed by atoms with Crippen LogP contribution in [0.15, 0.2) is 18.6 Å². The lowest BCUT2D eigenvalue weighted by molar-refractivity contribution is 0.397. The van der Waals surface area contributed by atoms with Gasteiger partial charge < -0.3 is 9.72 Å². The van der Waals surface area contributed by atoms with Crippen LogP contribution in [0.1, 0.15) is 30.1 Å². The molecule has 106 valence electrons. The van der Waals surface area contributed by atoms with Gasteiger partial charge in [-0.05, 0) is 25.8 Å². The summed E-state index contributed by atoms with van der Waals surface area (Å²) < 4.78 is 5.41. The molecule has 1 fully saturated rings. The minimum Gasteiger partial charge on any atom is -0.480 e. The number of hydrogen-bond donors (Lipinski definition) is 1. The highest BCUT2D eigenvalue weighted by Crippen LogP contribution is 2.44. The van der Waals surface area contributed by atoms with Crippen LogP contribution in [-0.4, -0.2) is 32.0 Å². The molecule has 1 aliphatic carbocycles. The predicted molar refractivity (Wildman–Crippen MR) is 78.2 cm³/mol. The maximum atomic E-state index is 5.41. The van der Waals surface area contributed by atoms with Crippen LogP contribution in [0.25, 0.3) is 22.4 Å². The first kappa shape index (κ1) is 12.3. The predicted octanol–water partition coefficient (Wildman–Crippen LogP) is 2.61. The van der Waals surface area contributed by atoms with E-state index in [1.54, 1.807) is 13.4 Å². The number of aromatic amines is 1. The molecule has 0 aromatic carbocycles. The van der Waals surface area contributed by atoms with Gasteiger partial charge in [0.1, 0.15) is 11.9 Å². The molecule has 6 nitrogen and oxygen atoms in total. The van der Waals surface area contributed by atoms with E-state index in [0.29, 0.717) is 17.6 Å². The SMILES string of the molecule is COc1ncnc(C2CC2)c1-c1nc(C)c2[nH]ccc2n1. The van der Waals surface area contributed by atoms with E-state index in [4.69, 9.17) is 4.74 Å². The Balaban J connectivity index is 1.98. The van der Waals surface area contributed by atoms with Gasteiger partial charge in [-0.25, -0.2) is 19.9 Å². The van der Waals surface area contributed by atoms with Gasteiger partial charge in [-0.1, -0.05) is 0 Å². The summed E-state index contributed by atoms with van der Waals surface area (Å²) in [6.45, 7) is 1.97. The zero-order chi connectivity index (χ0) is 14.4. The number of fused-ring (bicyclic) bond motifs is 1. The van der Waals surface area contributed by atoms with Crippen molar-refractivity contribution < 1.29 is 4.74 Å². The summed E-state index contributed by atoms with van der Waals surface area (Å²) in [6.07, 6.45) is 5.73. The molecule has 21 heavy (non-hydrogen) atoms.